The first-order chi connectivity index (χ1) is 25.0. The van der Waals surface area contributed by atoms with Gasteiger partial charge in [-0.1, -0.05) is 59.6 Å². The van der Waals surface area contributed by atoms with E-state index in [0.29, 0.717) is 42.6 Å². The van der Waals surface area contributed by atoms with Gasteiger partial charge >= 0.3 is 11.9 Å². The van der Waals surface area contributed by atoms with Crippen LogP contribution in [0.25, 0.3) is 11.3 Å². The van der Waals surface area contributed by atoms with Crippen LogP contribution in [0.3, 0.4) is 0 Å². The number of fused-ring (bicyclic) bond motifs is 1. The minimum absolute atomic E-state index is 0.0353. The minimum Gasteiger partial charge on any atom is -0.481 e. The Morgan fingerprint density at radius 2 is 1.83 bits per heavy atom. The fraction of sp³-hybridized carbons (Fsp3) is 0.324. The summed E-state index contributed by atoms with van der Waals surface area (Å²) in [6.45, 7) is 1.11. The maximum absolute atomic E-state index is 13.4. The molecule has 0 radical (unpaired) electrons. The molecule has 1 amide bonds. The lowest BCUT2D eigenvalue weighted by atomic mass is 9.98. The van der Waals surface area contributed by atoms with Crippen molar-refractivity contribution in [2.24, 2.45) is 0 Å². The molecule has 0 bridgehead atoms. The number of ether oxygens (including phenoxy) is 2. The average molecular weight is 751 g/mol. The molecule has 1 aliphatic heterocycles. The molecule has 1 fully saturated rings. The third kappa shape index (κ3) is 8.30. The number of pyridine rings is 2. The first-order valence-corrected chi connectivity index (χ1v) is 17.4. The highest BCUT2D eigenvalue weighted by Gasteiger charge is 2.35. The van der Waals surface area contributed by atoms with Gasteiger partial charge in [0.05, 0.1) is 35.9 Å². The zero-order chi connectivity index (χ0) is 36.9. The SMILES string of the molecule is COc1cc(CNCC(O)CC(=O)O)c(Cl)c(OC2CCc3cccc(-c4ccc(CN5CCC5C(=O)O)c(NC(=O)c5ccccc5Cl)n4)c32)n1. The number of carbonyl (C=O) groups is 3. The number of hydrogen-bond acceptors (Lipinski definition) is 10. The molecule has 13 nitrogen and oxygen atoms in total. The second-order valence-electron chi connectivity index (χ2n) is 12.6. The topological polar surface area (TPSA) is 183 Å². The second-order valence-corrected chi connectivity index (χ2v) is 13.4. The van der Waals surface area contributed by atoms with Crippen molar-refractivity contribution in [3.8, 4) is 23.0 Å². The van der Waals surface area contributed by atoms with Gasteiger partial charge in [0, 0.05) is 48.9 Å². The van der Waals surface area contributed by atoms with Crippen molar-refractivity contribution in [2.75, 3.05) is 25.5 Å². The summed E-state index contributed by atoms with van der Waals surface area (Å²) in [6, 6.07) is 17.3. The average Bonchev–Trinajstić information content (AvgIpc) is 3.51. The first kappa shape index (κ1) is 37.0. The number of aliphatic hydroxyl groups excluding tert-OH is 1. The first-order valence-electron chi connectivity index (χ1n) is 16.7. The number of benzene rings is 2. The van der Waals surface area contributed by atoms with Crippen molar-refractivity contribution in [1.29, 1.82) is 0 Å². The third-order valence-electron chi connectivity index (χ3n) is 9.14. The normalized spacial score (nSPS) is 17.2. The van der Waals surface area contributed by atoms with Crippen molar-refractivity contribution in [3.05, 3.63) is 98.5 Å². The molecular formula is C37H37Cl2N5O8. The molecule has 272 valence electrons. The molecule has 1 aliphatic carbocycles. The molecule has 2 aromatic carbocycles. The molecule has 15 heteroatoms. The highest BCUT2D eigenvalue weighted by Crippen LogP contribution is 2.43. The van der Waals surface area contributed by atoms with Crippen LogP contribution in [0.1, 0.15) is 58.0 Å². The molecule has 52 heavy (non-hydrogen) atoms. The lowest BCUT2D eigenvalue weighted by molar-refractivity contribution is -0.148. The van der Waals surface area contributed by atoms with Crippen LogP contribution in [0.15, 0.2) is 60.7 Å². The quantitative estimate of drug-likeness (QED) is 0.105. The summed E-state index contributed by atoms with van der Waals surface area (Å²) < 4.78 is 11.9. The third-order valence-corrected chi connectivity index (χ3v) is 9.87. The Hall–Kier alpha value is -4.79. The Labute approximate surface area is 309 Å². The van der Waals surface area contributed by atoms with Crippen LogP contribution < -0.4 is 20.1 Å². The molecule has 2 aromatic heterocycles. The van der Waals surface area contributed by atoms with E-state index in [-0.39, 0.29) is 52.8 Å². The van der Waals surface area contributed by atoms with Gasteiger partial charge in [-0.2, -0.15) is 4.98 Å². The number of nitrogens with zero attached hydrogens (tertiary/aromatic N) is 3. The summed E-state index contributed by atoms with van der Waals surface area (Å²) in [6.07, 6.45) is -0.0638. The van der Waals surface area contributed by atoms with E-state index in [9.17, 15) is 24.6 Å². The number of aromatic nitrogens is 2. The molecular weight excluding hydrogens is 713 g/mol. The smallest absolute Gasteiger partial charge is 0.320 e. The van der Waals surface area contributed by atoms with Crippen LogP contribution in [0.4, 0.5) is 5.82 Å². The zero-order valence-electron chi connectivity index (χ0n) is 28.1. The second kappa shape index (κ2) is 16.3. The van der Waals surface area contributed by atoms with Crippen molar-refractivity contribution >= 4 is 46.9 Å². The van der Waals surface area contributed by atoms with Gasteiger partial charge in [-0.25, -0.2) is 4.98 Å². The van der Waals surface area contributed by atoms with Gasteiger partial charge in [-0.3, -0.25) is 19.3 Å². The molecule has 1 saturated heterocycles. The molecule has 3 unspecified atom stereocenters. The van der Waals surface area contributed by atoms with Crippen LogP contribution in [0.5, 0.6) is 11.8 Å². The molecule has 2 aliphatic rings. The van der Waals surface area contributed by atoms with Crippen molar-refractivity contribution in [1.82, 2.24) is 20.2 Å². The molecule has 0 saturated carbocycles. The van der Waals surface area contributed by atoms with Crippen LogP contribution in [-0.4, -0.2) is 80.4 Å². The number of halogens is 2. The molecule has 0 spiro atoms. The molecule has 6 rings (SSSR count). The lowest BCUT2D eigenvalue weighted by Crippen LogP contribution is -2.51. The number of amides is 1. The van der Waals surface area contributed by atoms with Gasteiger partial charge in [0.25, 0.3) is 5.91 Å². The Kier molecular flexibility index (Phi) is 11.6. The monoisotopic (exact) mass is 749 g/mol. The Morgan fingerprint density at radius 1 is 1.02 bits per heavy atom. The number of aliphatic carboxylic acids is 2. The Morgan fingerprint density at radius 3 is 2.54 bits per heavy atom. The van der Waals surface area contributed by atoms with Crippen LogP contribution >= 0.6 is 23.2 Å². The zero-order valence-corrected chi connectivity index (χ0v) is 29.7. The predicted molar refractivity (Wildman–Crippen MR) is 193 cm³/mol. The van der Waals surface area contributed by atoms with Gasteiger partial charge in [-0.05, 0) is 48.6 Å². The number of rotatable bonds is 15. The maximum atomic E-state index is 13.4. The number of carbonyl (C=O) groups excluding carboxylic acids is 1. The summed E-state index contributed by atoms with van der Waals surface area (Å²) in [5, 5.41) is 35.0. The van der Waals surface area contributed by atoms with Crippen LogP contribution in [0.2, 0.25) is 10.0 Å². The molecule has 3 atom stereocenters. The van der Waals surface area contributed by atoms with E-state index in [2.05, 4.69) is 15.6 Å². The fourth-order valence-corrected chi connectivity index (χ4v) is 6.86. The summed E-state index contributed by atoms with van der Waals surface area (Å²) in [7, 11) is 1.47. The molecule has 3 heterocycles. The van der Waals surface area contributed by atoms with E-state index in [0.717, 1.165) is 16.7 Å². The number of nitrogens with one attached hydrogen (secondary N) is 2. The van der Waals surface area contributed by atoms with Crippen LogP contribution in [-0.2, 0) is 29.1 Å². The van der Waals surface area contributed by atoms with E-state index < -0.39 is 42.5 Å². The van der Waals surface area contributed by atoms with Crippen molar-refractivity contribution < 1.29 is 39.2 Å². The highest BCUT2D eigenvalue weighted by molar-refractivity contribution is 6.34. The molecule has 4 aromatic rings. The van der Waals surface area contributed by atoms with E-state index in [4.69, 9.17) is 42.8 Å². The number of anilines is 1. The number of likely N-dealkylation sites (tertiary alicyclic amines) is 1. The number of hydrogen-bond donors (Lipinski definition) is 5. The van der Waals surface area contributed by atoms with Gasteiger partial charge in [0.2, 0.25) is 11.8 Å². The van der Waals surface area contributed by atoms with E-state index in [1.165, 1.54) is 7.11 Å². The summed E-state index contributed by atoms with van der Waals surface area (Å²) in [4.78, 5) is 47.3. The number of methoxy groups -OCH3 is 1. The van der Waals surface area contributed by atoms with E-state index in [1.54, 1.807) is 30.3 Å². The largest absolute Gasteiger partial charge is 0.481 e. The standard InChI is InChI=1S/C37H37Cl2N5O8/c1-51-30-15-22(17-40-18-23(45)16-31(46)47)33(39)36(42-30)52-29-12-10-20-5-4-7-25(32(20)29)27-11-9-21(19-44-14-13-28(44)37(49)50)34(41-27)43-35(48)24-6-2-3-8-26(24)38/h2-9,11,15,23,28-29,40,45H,10,12-14,16-19H2,1H3,(H,46,47)(H,49,50)(H,41,43,48). The van der Waals surface area contributed by atoms with Crippen LogP contribution in [0, 0.1) is 0 Å². The maximum Gasteiger partial charge on any atom is 0.320 e. The minimum atomic E-state index is -1.10. The predicted octanol–water partition coefficient (Wildman–Crippen LogP) is 5.36. The van der Waals surface area contributed by atoms with Gasteiger partial charge in [0.15, 0.2) is 0 Å². The Bertz CT molecular complexity index is 2000. The van der Waals surface area contributed by atoms with Crippen molar-refractivity contribution in [3.63, 3.8) is 0 Å². The number of aliphatic hydroxyl groups is 1. The summed E-state index contributed by atoms with van der Waals surface area (Å²) >= 11 is 13.1. The fourth-order valence-electron chi connectivity index (χ4n) is 6.43. The van der Waals surface area contributed by atoms with Crippen molar-refractivity contribution in [2.45, 2.75) is 57.0 Å². The molecule has 5 N–H and O–H groups in total. The summed E-state index contributed by atoms with van der Waals surface area (Å²) in [5.41, 5.74) is 4.79. The van der Waals surface area contributed by atoms with Gasteiger partial charge in [0.1, 0.15) is 23.0 Å². The summed E-state index contributed by atoms with van der Waals surface area (Å²) in [5.74, 6) is -1.75. The van der Waals surface area contributed by atoms with E-state index in [1.807, 2.05) is 35.2 Å². The lowest BCUT2D eigenvalue weighted by Gasteiger charge is -2.38. The van der Waals surface area contributed by atoms with Gasteiger partial charge in [-0.15, -0.1) is 0 Å². The number of aryl methyl sites for hydroxylation is 1. The van der Waals surface area contributed by atoms with E-state index >= 15 is 0 Å². The Balaban J connectivity index is 1.30. The van der Waals surface area contributed by atoms with Gasteiger partial charge < -0.3 is 35.4 Å². The number of carboxylic acids is 2. The highest BCUT2D eigenvalue weighted by atomic mass is 35.5. The number of carboxylic acid groups (broad SMARTS) is 2.